The van der Waals surface area contributed by atoms with Crippen molar-refractivity contribution in [2.75, 3.05) is 40.1 Å². The number of carbonyl (C=O) groups is 2. The lowest BCUT2D eigenvalue weighted by Crippen LogP contribution is -2.39. The van der Waals surface area contributed by atoms with E-state index in [9.17, 15) is 9.59 Å². The fraction of sp³-hybridized carbons (Fsp3) is 0.895. The molecule has 0 heterocycles. The second-order valence-electron chi connectivity index (χ2n) is 6.80. The molecule has 0 radical (unpaired) electrons. The Morgan fingerprint density at radius 2 is 1.60 bits per heavy atom. The molecule has 6 nitrogen and oxygen atoms in total. The van der Waals surface area contributed by atoms with Crippen LogP contribution in [0.25, 0.3) is 0 Å². The lowest BCUT2D eigenvalue weighted by Gasteiger charge is -2.29. The van der Waals surface area contributed by atoms with Crippen LogP contribution in [0.4, 0.5) is 0 Å². The summed E-state index contributed by atoms with van der Waals surface area (Å²) in [6.45, 7) is 6.61. The van der Waals surface area contributed by atoms with E-state index in [4.69, 9.17) is 14.2 Å². The lowest BCUT2D eigenvalue weighted by molar-refractivity contribution is -0.127. The quantitative estimate of drug-likeness (QED) is 0.512. The minimum absolute atomic E-state index is 0.0250. The first-order chi connectivity index (χ1) is 12.1. The summed E-state index contributed by atoms with van der Waals surface area (Å²) in [5.74, 6) is 0.765. The Labute approximate surface area is 152 Å². The minimum Gasteiger partial charge on any atom is -0.382 e. The normalized spacial score (nSPS) is 21.7. The number of ketones is 1. The number of hydrogen-bond donors (Lipinski definition) is 1. The van der Waals surface area contributed by atoms with Gasteiger partial charge in [0.2, 0.25) is 5.91 Å². The predicted molar refractivity (Wildman–Crippen MR) is 96.5 cm³/mol. The largest absolute Gasteiger partial charge is 0.382 e. The van der Waals surface area contributed by atoms with E-state index in [-0.39, 0.29) is 23.8 Å². The smallest absolute Gasteiger partial charge is 0.222 e. The van der Waals surface area contributed by atoms with Gasteiger partial charge in [0.05, 0.1) is 33.0 Å². The molecule has 0 aromatic rings. The van der Waals surface area contributed by atoms with Gasteiger partial charge in [-0.25, -0.2) is 0 Å². The van der Waals surface area contributed by atoms with Gasteiger partial charge in [0.25, 0.3) is 0 Å². The average molecular weight is 357 g/mol. The van der Waals surface area contributed by atoms with Gasteiger partial charge in [-0.3, -0.25) is 9.59 Å². The summed E-state index contributed by atoms with van der Waals surface area (Å²) >= 11 is 0. The molecule has 1 atom stereocenters. The van der Waals surface area contributed by atoms with Crippen LogP contribution in [0.2, 0.25) is 0 Å². The van der Waals surface area contributed by atoms with E-state index in [1.165, 1.54) is 0 Å². The molecular weight excluding hydrogens is 322 g/mol. The highest BCUT2D eigenvalue weighted by molar-refractivity contribution is 5.83. The van der Waals surface area contributed by atoms with Crippen LogP contribution in [0, 0.1) is 11.8 Å². The summed E-state index contributed by atoms with van der Waals surface area (Å²) in [5, 5.41) is 3.06. The molecular formula is C19H35NO5. The lowest BCUT2D eigenvalue weighted by atomic mass is 9.79. The van der Waals surface area contributed by atoms with Crippen LogP contribution in [0.3, 0.4) is 0 Å². The molecule has 1 fully saturated rings. The predicted octanol–water partition coefficient (Wildman–Crippen LogP) is 2.35. The zero-order valence-corrected chi connectivity index (χ0v) is 16.1. The minimum atomic E-state index is 0.0250. The summed E-state index contributed by atoms with van der Waals surface area (Å²) < 4.78 is 15.5. The molecule has 6 heteroatoms. The molecule has 1 N–H and O–H groups in total. The van der Waals surface area contributed by atoms with Crippen molar-refractivity contribution in [3.8, 4) is 0 Å². The summed E-state index contributed by atoms with van der Waals surface area (Å²) in [6, 6.07) is 0.200. The Balaban J connectivity index is 2.06. The third kappa shape index (κ3) is 9.33. The fourth-order valence-electron chi connectivity index (χ4n) is 3.05. The zero-order chi connectivity index (χ0) is 18.5. The van der Waals surface area contributed by atoms with Gasteiger partial charge in [0.15, 0.2) is 0 Å². The number of Topliss-reactive ketones (excluding diaryl/α,β-unsaturated/α-hetero) is 1. The highest BCUT2D eigenvalue weighted by Gasteiger charge is 2.28. The molecule has 1 rings (SSSR count). The van der Waals surface area contributed by atoms with Crippen LogP contribution in [0.1, 0.15) is 52.4 Å². The maximum absolute atomic E-state index is 12.2. The van der Waals surface area contributed by atoms with Crippen molar-refractivity contribution in [3.05, 3.63) is 0 Å². The van der Waals surface area contributed by atoms with E-state index in [0.717, 1.165) is 32.1 Å². The van der Waals surface area contributed by atoms with Crippen LogP contribution in [0.15, 0.2) is 0 Å². The van der Waals surface area contributed by atoms with Gasteiger partial charge in [-0.1, -0.05) is 13.8 Å². The van der Waals surface area contributed by atoms with Crippen LogP contribution in [-0.2, 0) is 23.8 Å². The van der Waals surface area contributed by atoms with Gasteiger partial charge < -0.3 is 19.5 Å². The Morgan fingerprint density at radius 1 is 1.00 bits per heavy atom. The van der Waals surface area contributed by atoms with Crippen molar-refractivity contribution in [3.63, 3.8) is 0 Å². The molecule has 1 amide bonds. The highest BCUT2D eigenvalue weighted by atomic mass is 16.5. The number of hydrogen-bond acceptors (Lipinski definition) is 5. The van der Waals surface area contributed by atoms with E-state index in [1.54, 1.807) is 7.11 Å². The molecule has 1 aliphatic rings. The Kier molecular flexibility index (Phi) is 11.7. The molecule has 146 valence electrons. The summed E-state index contributed by atoms with van der Waals surface area (Å²) in [5.41, 5.74) is 0. The number of amides is 1. The molecule has 0 aromatic heterocycles. The molecule has 0 aliphatic heterocycles. The number of carbonyl (C=O) groups excluding carboxylic acids is 2. The zero-order valence-electron chi connectivity index (χ0n) is 16.1. The van der Waals surface area contributed by atoms with Crippen LogP contribution < -0.4 is 5.32 Å². The van der Waals surface area contributed by atoms with E-state index < -0.39 is 0 Å². The summed E-state index contributed by atoms with van der Waals surface area (Å²) in [7, 11) is 1.63. The third-order valence-electron chi connectivity index (χ3n) is 4.87. The van der Waals surface area contributed by atoms with E-state index >= 15 is 0 Å². The summed E-state index contributed by atoms with van der Waals surface area (Å²) in [6.07, 6.45) is 4.85. The van der Waals surface area contributed by atoms with Gasteiger partial charge in [-0.2, -0.15) is 0 Å². The first-order valence-electron chi connectivity index (χ1n) is 9.56. The Morgan fingerprint density at radius 3 is 2.20 bits per heavy atom. The van der Waals surface area contributed by atoms with Gasteiger partial charge in [0.1, 0.15) is 5.78 Å². The SMILES string of the molecule is CCC(C)C(=O)C1CCC(NC(=O)CCOCCOCCOC)CC1. The van der Waals surface area contributed by atoms with E-state index in [0.29, 0.717) is 45.2 Å². The van der Waals surface area contributed by atoms with E-state index in [2.05, 4.69) is 12.2 Å². The molecule has 1 saturated carbocycles. The Bertz CT molecular complexity index is 380. The third-order valence-corrected chi connectivity index (χ3v) is 4.87. The number of nitrogens with one attached hydrogen (secondary N) is 1. The molecule has 0 saturated heterocycles. The number of methoxy groups -OCH3 is 1. The summed E-state index contributed by atoms with van der Waals surface area (Å²) in [4.78, 5) is 24.2. The van der Waals surface area contributed by atoms with Crippen LogP contribution in [-0.4, -0.2) is 57.9 Å². The second kappa shape index (κ2) is 13.3. The molecule has 25 heavy (non-hydrogen) atoms. The molecule has 0 bridgehead atoms. The van der Waals surface area contributed by atoms with Gasteiger partial charge in [0, 0.05) is 31.4 Å². The van der Waals surface area contributed by atoms with Gasteiger partial charge in [-0.05, 0) is 32.1 Å². The number of ether oxygens (including phenoxy) is 3. The molecule has 0 spiro atoms. The van der Waals surface area contributed by atoms with Crippen molar-refractivity contribution < 1.29 is 23.8 Å². The first kappa shape index (κ1) is 22.1. The van der Waals surface area contributed by atoms with Crippen molar-refractivity contribution in [2.24, 2.45) is 11.8 Å². The highest BCUT2D eigenvalue weighted by Crippen LogP contribution is 2.28. The number of rotatable bonds is 13. The monoisotopic (exact) mass is 357 g/mol. The second-order valence-corrected chi connectivity index (χ2v) is 6.80. The maximum atomic E-state index is 12.2. The van der Waals surface area contributed by atoms with Crippen molar-refractivity contribution in [1.29, 1.82) is 0 Å². The first-order valence-corrected chi connectivity index (χ1v) is 9.56. The average Bonchev–Trinajstić information content (AvgIpc) is 2.63. The standard InChI is InChI=1S/C19H35NO5/c1-4-15(2)19(22)16-5-7-17(8-6-16)20-18(21)9-10-24-13-14-25-12-11-23-3/h15-17H,4-14H2,1-3H3,(H,20,21). The van der Waals surface area contributed by atoms with Gasteiger partial charge >= 0.3 is 0 Å². The van der Waals surface area contributed by atoms with E-state index in [1.807, 2.05) is 6.92 Å². The van der Waals surface area contributed by atoms with Crippen LogP contribution in [0.5, 0.6) is 0 Å². The topological polar surface area (TPSA) is 73.9 Å². The van der Waals surface area contributed by atoms with Crippen molar-refractivity contribution in [2.45, 2.75) is 58.4 Å². The maximum Gasteiger partial charge on any atom is 0.222 e. The van der Waals surface area contributed by atoms with Crippen molar-refractivity contribution >= 4 is 11.7 Å². The Hall–Kier alpha value is -0.980. The van der Waals surface area contributed by atoms with Crippen molar-refractivity contribution in [1.82, 2.24) is 5.32 Å². The fourth-order valence-corrected chi connectivity index (χ4v) is 3.05. The van der Waals surface area contributed by atoms with Crippen LogP contribution >= 0.6 is 0 Å². The van der Waals surface area contributed by atoms with Gasteiger partial charge in [-0.15, -0.1) is 0 Å². The molecule has 1 unspecified atom stereocenters. The molecule has 0 aromatic carbocycles. The molecule has 1 aliphatic carbocycles.